The van der Waals surface area contributed by atoms with Crippen LogP contribution in [-0.4, -0.2) is 65.4 Å². The van der Waals surface area contributed by atoms with Gasteiger partial charge in [0.15, 0.2) is 11.4 Å². The largest absolute Gasteiger partial charge is 0.445 e. The molecule has 11 heteroatoms. The third-order valence-electron chi connectivity index (χ3n) is 6.47. The van der Waals surface area contributed by atoms with E-state index in [4.69, 9.17) is 4.74 Å². The molecule has 39 heavy (non-hydrogen) atoms. The van der Waals surface area contributed by atoms with Crippen molar-refractivity contribution >= 4 is 38.9 Å². The average molecular weight is 550 g/mol. The van der Waals surface area contributed by atoms with Gasteiger partial charge in [0.05, 0.1) is 17.6 Å². The normalized spacial score (nSPS) is 16.1. The molecule has 1 saturated heterocycles. The van der Waals surface area contributed by atoms with Crippen molar-refractivity contribution in [3.8, 4) is 0 Å². The quantitative estimate of drug-likeness (QED) is 0.375. The second-order valence-electron chi connectivity index (χ2n) is 9.23. The molecule has 2 aromatic heterocycles. The van der Waals surface area contributed by atoms with E-state index >= 15 is 0 Å². The van der Waals surface area contributed by atoms with Crippen molar-refractivity contribution in [3.05, 3.63) is 85.2 Å². The summed E-state index contributed by atoms with van der Waals surface area (Å²) in [5.41, 5.74) is 2.25. The zero-order valence-electron chi connectivity index (χ0n) is 21.7. The number of piperidine rings is 1. The summed E-state index contributed by atoms with van der Waals surface area (Å²) in [7, 11) is -3.83. The molecule has 1 aromatic carbocycles. The Morgan fingerprint density at radius 3 is 2.69 bits per heavy atom. The number of Topliss-reactive ketones (excluding diaryl/α,β-unsaturated/α-hetero) is 1. The lowest BCUT2D eigenvalue weighted by molar-refractivity contribution is -0.122. The molecule has 1 atom stereocenters. The Kier molecular flexibility index (Phi) is 8.60. The van der Waals surface area contributed by atoms with E-state index < -0.39 is 16.1 Å². The molecule has 1 aliphatic heterocycles. The number of nitrogens with one attached hydrogen (secondary N) is 1. The van der Waals surface area contributed by atoms with E-state index in [1.807, 2.05) is 6.92 Å². The third-order valence-corrected chi connectivity index (χ3v) is 8.15. The van der Waals surface area contributed by atoms with E-state index in [0.29, 0.717) is 30.7 Å². The van der Waals surface area contributed by atoms with Crippen LogP contribution in [0, 0.1) is 12.8 Å². The molecule has 0 bridgehead atoms. The average Bonchev–Trinajstić information content (AvgIpc) is 3.38. The summed E-state index contributed by atoms with van der Waals surface area (Å²) < 4.78 is 32.6. The number of likely N-dealkylation sites (tertiary alicyclic amines) is 1. The SMILES string of the molecule is C=C/C=C(\C=C)COC(=O)N1CCCC(C(=O)CNc2cnc3c(ccn3S(=O)(=O)c3ccc(C)cc3)n2)C1. The van der Waals surface area contributed by atoms with Crippen LogP contribution in [0.1, 0.15) is 18.4 Å². The fraction of sp³-hybridized carbons (Fsp3) is 0.286. The number of carbonyl (C=O) groups is 2. The standard InChI is InChI=1S/C28H31N5O5S/c1-4-7-21(5-2)19-38-28(35)32-14-6-8-22(18-32)25(34)16-29-26-17-30-27-24(31-26)13-15-33(27)39(36,37)23-11-9-20(3)10-12-23/h4-5,7,9-13,15,17,22H,1-2,6,8,14,16,18-19H2,3H3,(H,29,31)/b21-7+. The Morgan fingerprint density at radius 2 is 1.97 bits per heavy atom. The molecule has 204 valence electrons. The summed E-state index contributed by atoms with van der Waals surface area (Å²) in [5, 5.41) is 2.98. The molecule has 3 heterocycles. The van der Waals surface area contributed by atoms with E-state index in [9.17, 15) is 18.0 Å². The number of hydrogen-bond donors (Lipinski definition) is 1. The summed E-state index contributed by atoms with van der Waals surface area (Å²) >= 11 is 0. The van der Waals surface area contributed by atoms with E-state index in [1.165, 1.54) is 12.4 Å². The maximum atomic E-state index is 13.1. The van der Waals surface area contributed by atoms with Gasteiger partial charge in [0.25, 0.3) is 10.0 Å². The summed E-state index contributed by atoms with van der Waals surface area (Å²) in [6.45, 7) is 10.1. The molecule has 3 aromatic rings. The zero-order chi connectivity index (χ0) is 28.0. The molecule has 1 unspecified atom stereocenters. The number of ketones is 1. The maximum Gasteiger partial charge on any atom is 0.410 e. The third kappa shape index (κ3) is 6.43. The lowest BCUT2D eigenvalue weighted by Gasteiger charge is -2.31. The van der Waals surface area contributed by atoms with E-state index in [2.05, 4.69) is 28.4 Å². The number of allylic oxidation sites excluding steroid dienone is 2. The van der Waals surface area contributed by atoms with Crippen molar-refractivity contribution in [2.75, 3.05) is 31.6 Å². The second kappa shape index (κ2) is 12.1. The summed E-state index contributed by atoms with van der Waals surface area (Å²) in [5.74, 6) is -0.0505. The highest BCUT2D eigenvalue weighted by molar-refractivity contribution is 7.90. The number of carbonyl (C=O) groups excluding carboxylic acids is 2. The summed E-state index contributed by atoms with van der Waals surface area (Å²) in [4.78, 5) is 35.8. The molecule has 0 aliphatic carbocycles. The van der Waals surface area contributed by atoms with Crippen LogP contribution in [0.5, 0.6) is 0 Å². The first-order chi connectivity index (χ1) is 18.7. The van der Waals surface area contributed by atoms with Gasteiger partial charge in [-0.15, -0.1) is 0 Å². The molecule has 1 aliphatic rings. The van der Waals surface area contributed by atoms with Gasteiger partial charge in [0.1, 0.15) is 17.9 Å². The van der Waals surface area contributed by atoms with Gasteiger partial charge in [-0.3, -0.25) is 4.79 Å². The lowest BCUT2D eigenvalue weighted by Crippen LogP contribution is -2.43. The zero-order valence-corrected chi connectivity index (χ0v) is 22.6. The van der Waals surface area contributed by atoms with Crippen molar-refractivity contribution in [2.24, 2.45) is 5.92 Å². The number of ether oxygens (including phenoxy) is 1. The predicted molar refractivity (Wildman–Crippen MR) is 149 cm³/mol. The van der Waals surface area contributed by atoms with Crippen molar-refractivity contribution in [3.63, 3.8) is 0 Å². The highest BCUT2D eigenvalue weighted by Crippen LogP contribution is 2.22. The smallest absolute Gasteiger partial charge is 0.410 e. The molecular weight excluding hydrogens is 518 g/mol. The number of amides is 1. The van der Waals surface area contributed by atoms with Crippen LogP contribution < -0.4 is 5.32 Å². The van der Waals surface area contributed by atoms with Gasteiger partial charge in [-0.2, -0.15) is 0 Å². The lowest BCUT2D eigenvalue weighted by atomic mass is 9.94. The Hall–Kier alpha value is -4.25. The Labute approximate surface area is 227 Å². The van der Waals surface area contributed by atoms with E-state index in [1.54, 1.807) is 53.5 Å². The van der Waals surface area contributed by atoms with E-state index in [0.717, 1.165) is 15.1 Å². The Bertz CT molecular complexity index is 1530. The molecule has 4 rings (SSSR count). The van der Waals surface area contributed by atoms with Crippen LogP contribution in [-0.2, 0) is 19.6 Å². The van der Waals surface area contributed by atoms with Crippen LogP contribution in [0.3, 0.4) is 0 Å². The number of benzene rings is 1. The molecular formula is C28H31N5O5S. The first-order valence-corrected chi connectivity index (χ1v) is 14.0. The van der Waals surface area contributed by atoms with Gasteiger partial charge >= 0.3 is 6.09 Å². The van der Waals surface area contributed by atoms with Crippen LogP contribution >= 0.6 is 0 Å². The molecule has 0 saturated carbocycles. The molecule has 0 spiro atoms. The highest BCUT2D eigenvalue weighted by Gasteiger charge is 2.29. The number of anilines is 1. The van der Waals surface area contributed by atoms with Crippen molar-refractivity contribution in [1.29, 1.82) is 0 Å². The second-order valence-corrected chi connectivity index (χ2v) is 11.0. The summed E-state index contributed by atoms with van der Waals surface area (Å²) in [6, 6.07) is 8.13. The fourth-order valence-electron chi connectivity index (χ4n) is 4.28. The number of rotatable bonds is 10. The molecule has 1 N–H and O–H groups in total. The minimum atomic E-state index is -3.83. The van der Waals surface area contributed by atoms with Gasteiger partial charge in [-0.05, 0) is 43.5 Å². The minimum Gasteiger partial charge on any atom is -0.445 e. The van der Waals surface area contributed by atoms with Crippen LogP contribution in [0.25, 0.3) is 11.2 Å². The molecule has 10 nitrogen and oxygen atoms in total. The molecule has 0 radical (unpaired) electrons. The fourth-order valence-corrected chi connectivity index (χ4v) is 5.58. The first-order valence-electron chi connectivity index (χ1n) is 12.5. The number of fused-ring (bicyclic) bond motifs is 1. The Morgan fingerprint density at radius 1 is 1.21 bits per heavy atom. The summed E-state index contributed by atoms with van der Waals surface area (Å²) in [6.07, 6.45) is 8.61. The van der Waals surface area contributed by atoms with Crippen LogP contribution in [0.4, 0.5) is 10.6 Å². The maximum absolute atomic E-state index is 13.1. The van der Waals surface area contributed by atoms with Crippen molar-refractivity contribution < 1.29 is 22.7 Å². The van der Waals surface area contributed by atoms with Gasteiger partial charge in [0, 0.05) is 25.2 Å². The number of aromatic nitrogens is 3. The highest BCUT2D eigenvalue weighted by atomic mass is 32.2. The number of nitrogens with zero attached hydrogens (tertiary/aromatic N) is 4. The van der Waals surface area contributed by atoms with Gasteiger partial charge in [-0.1, -0.05) is 49.1 Å². The Balaban J connectivity index is 1.36. The molecule has 1 amide bonds. The number of hydrogen-bond acceptors (Lipinski definition) is 8. The number of aryl methyl sites for hydroxylation is 1. The molecule has 1 fully saturated rings. The van der Waals surface area contributed by atoms with Gasteiger partial charge in [0.2, 0.25) is 0 Å². The first kappa shape index (κ1) is 27.8. The minimum absolute atomic E-state index is 0.00119. The van der Waals surface area contributed by atoms with Gasteiger partial charge in [-0.25, -0.2) is 27.2 Å². The van der Waals surface area contributed by atoms with Crippen LogP contribution in [0.2, 0.25) is 0 Å². The van der Waals surface area contributed by atoms with E-state index in [-0.39, 0.29) is 41.9 Å². The predicted octanol–water partition coefficient (Wildman–Crippen LogP) is 4.10. The van der Waals surface area contributed by atoms with Gasteiger partial charge < -0.3 is 15.0 Å². The van der Waals surface area contributed by atoms with Crippen molar-refractivity contribution in [1.82, 2.24) is 18.8 Å². The topological polar surface area (TPSA) is 123 Å². The monoisotopic (exact) mass is 549 g/mol. The van der Waals surface area contributed by atoms with Crippen LogP contribution in [0.15, 0.2) is 84.6 Å². The van der Waals surface area contributed by atoms with Crippen molar-refractivity contribution in [2.45, 2.75) is 24.7 Å².